The third-order valence-electron chi connectivity index (χ3n) is 5.58. The van der Waals surface area contributed by atoms with Crippen LogP contribution in [-0.2, 0) is 16.8 Å². The number of nitrogens with zero attached hydrogens (tertiary/aromatic N) is 1. The normalized spacial score (nSPS) is 28.9. The quantitative estimate of drug-likeness (QED) is 0.788. The Balaban J connectivity index is 1.93. The van der Waals surface area contributed by atoms with Crippen molar-refractivity contribution in [2.45, 2.75) is 31.2 Å². The molecule has 4 nitrogen and oxygen atoms in total. The summed E-state index contributed by atoms with van der Waals surface area (Å²) in [4.78, 5) is 14.6. The van der Waals surface area contributed by atoms with Crippen LogP contribution in [0.1, 0.15) is 30.4 Å². The lowest BCUT2D eigenvalue weighted by molar-refractivity contribution is -0.132. The van der Waals surface area contributed by atoms with Gasteiger partial charge in [0.05, 0.1) is 19.8 Å². The van der Waals surface area contributed by atoms with Gasteiger partial charge in [-0.1, -0.05) is 12.2 Å². The lowest BCUT2D eigenvalue weighted by Crippen LogP contribution is -2.51. The Hall–Kier alpha value is -1.97. The molecule has 1 aliphatic carbocycles. The molecule has 22 heavy (non-hydrogen) atoms. The molecule has 2 heterocycles. The van der Waals surface area contributed by atoms with E-state index in [1.54, 1.807) is 14.2 Å². The van der Waals surface area contributed by atoms with Gasteiger partial charge in [-0.3, -0.25) is 4.79 Å². The van der Waals surface area contributed by atoms with Crippen molar-refractivity contribution >= 4 is 5.91 Å². The molecule has 1 saturated heterocycles. The van der Waals surface area contributed by atoms with Gasteiger partial charge in [-0.2, -0.15) is 0 Å². The smallest absolute Gasteiger partial charge is 0.223 e. The fourth-order valence-corrected chi connectivity index (χ4v) is 4.57. The van der Waals surface area contributed by atoms with Gasteiger partial charge in [-0.15, -0.1) is 0 Å². The van der Waals surface area contributed by atoms with Crippen LogP contribution in [0.4, 0.5) is 0 Å². The van der Waals surface area contributed by atoms with Gasteiger partial charge < -0.3 is 14.4 Å². The number of carbonyl (C=O) groups is 1. The van der Waals surface area contributed by atoms with Gasteiger partial charge in [-0.05, 0) is 48.4 Å². The van der Waals surface area contributed by atoms with E-state index < -0.39 is 0 Å². The van der Waals surface area contributed by atoms with E-state index in [4.69, 9.17) is 9.47 Å². The predicted octanol–water partition coefficient (Wildman–Crippen LogP) is 2.65. The molecular formula is C18H21NO3. The van der Waals surface area contributed by atoms with Crippen LogP contribution < -0.4 is 9.47 Å². The van der Waals surface area contributed by atoms with Crippen LogP contribution in [0.15, 0.2) is 24.3 Å². The summed E-state index contributed by atoms with van der Waals surface area (Å²) in [6.07, 6.45) is 7.90. The second kappa shape index (κ2) is 4.77. The maximum atomic E-state index is 12.5. The number of hydrogen-bond donors (Lipinski definition) is 0. The summed E-state index contributed by atoms with van der Waals surface area (Å²) in [7, 11) is 3.34. The number of benzene rings is 1. The number of ether oxygens (including phenoxy) is 2. The highest BCUT2D eigenvalue weighted by atomic mass is 16.5. The van der Waals surface area contributed by atoms with Gasteiger partial charge in [0.25, 0.3) is 0 Å². The van der Waals surface area contributed by atoms with E-state index in [2.05, 4.69) is 29.2 Å². The summed E-state index contributed by atoms with van der Waals surface area (Å²) in [5, 5.41) is 0. The molecule has 2 aliphatic heterocycles. The molecule has 0 saturated carbocycles. The van der Waals surface area contributed by atoms with Crippen LogP contribution >= 0.6 is 0 Å². The topological polar surface area (TPSA) is 38.8 Å². The zero-order valence-electron chi connectivity index (χ0n) is 13.1. The van der Waals surface area contributed by atoms with Crippen molar-refractivity contribution in [3.63, 3.8) is 0 Å². The molecule has 1 spiro atoms. The molecule has 1 fully saturated rings. The SMILES string of the molecule is COc1cc2c(cc1OC)[C@@]13CC=CC[C@H]1CC(=O)N3CC2. The molecule has 0 radical (unpaired) electrons. The standard InChI is InChI=1S/C18H21NO3/c1-21-15-9-12-6-8-19-17(20)10-13-5-3-4-7-18(13,19)14(12)11-16(15)22-2/h3-4,9,11,13H,5-8,10H2,1-2H3/t13-,18+/m0/s1. The van der Waals surface area contributed by atoms with Crippen LogP contribution in [0.5, 0.6) is 11.5 Å². The van der Waals surface area contributed by atoms with Crippen molar-refractivity contribution in [3.8, 4) is 11.5 Å². The van der Waals surface area contributed by atoms with Gasteiger partial charge in [0.2, 0.25) is 5.91 Å². The molecular weight excluding hydrogens is 278 g/mol. The maximum absolute atomic E-state index is 12.5. The van der Waals surface area contributed by atoms with Crippen LogP contribution in [0, 0.1) is 5.92 Å². The zero-order chi connectivity index (χ0) is 15.3. The van der Waals surface area contributed by atoms with Gasteiger partial charge in [0.1, 0.15) is 0 Å². The molecule has 2 atom stereocenters. The summed E-state index contributed by atoms with van der Waals surface area (Å²) in [5.74, 6) is 2.21. The Kier molecular flexibility index (Phi) is 2.96. The minimum absolute atomic E-state index is 0.168. The largest absolute Gasteiger partial charge is 0.493 e. The summed E-state index contributed by atoms with van der Waals surface area (Å²) in [6.45, 7) is 0.811. The number of rotatable bonds is 2. The maximum Gasteiger partial charge on any atom is 0.223 e. The molecule has 116 valence electrons. The Morgan fingerprint density at radius 1 is 1.18 bits per heavy atom. The minimum Gasteiger partial charge on any atom is -0.493 e. The Morgan fingerprint density at radius 2 is 1.95 bits per heavy atom. The number of fused-ring (bicyclic) bond motifs is 1. The van der Waals surface area contributed by atoms with Crippen molar-refractivity contribution in [3.05, 3.63) is 35.4 Å². The van der Waals surface area contributed by atoms with Crippen LogP contribution in [0.3, 0.4) is 0 Å². The van der Waals surface area contributed by atoms with E-state index in [1.165, 1.54) is 11.1 Å². The predicted molar refractivity (Wildman–Crippen MR) is 83.1 cm³/mol. The number of amides is 1. The Bertz CT molecular complexity index is 667. The average molecular weight is 299 g/mol. The first-order valence-corrected chi connectivity index (χ1v) is 7.91. The van der Waals surface area contributed by atoms with Gasteiger partial charge in [-0.25, -0.2) is 0 Å². The second-order valence-electron chi connectivity index (χ2n) is 6.40. The summed E-state index contributed by atoms with van der Waals surface area (Å²) in [5.41, 5.74) is 2.39. The fourth-order valence-electron chi connectivity index (χ4n) is 4.57. The first-order valence-electron chi connectivity index (χ1n) is 7.91. The molecule has 3 aliphatic rings. The number of methoxy groups -OCH3 is 2. The third kappa shape index (κ3) is 1.61. The monoisotopic (exact) mass is 299 g/mol. The summed E-state index contributed by atoms with van der Waals surface area (Å²) < 4.78 is 11.0. The minimum atomic E-state index is -0.168. The van der Waals surface area contributed by atoms with Crippen molar-refractivity contribution in [2.24, 2.45) is 5.92 Å². The Labute approximate surface area is 130 Å². The van der Waals surface area contributed by atoms with Crippen molar-refractivity contribution in [1.29, 1.82) is 0 Å². The van der Waals surface area contributed by atoms with E-state index in [1.807, 2.05) is 0 Å². The molecule has 4 rings (SSSR count). The highest BCUT2D eigenvalue weighted by molar-refractivity contribution is 5.82. The van der Waals surface area contributed by atoms with E-state index in [0.717, 1.165) is 37.3 Å². The van der Waals surface area contributed by atoms with Gasteiger partial charge in [0, 0.05) is 13.0 Å². The average Bonchev–Trinajstić information content (AvgIpc) is 2.86. The number of carbonyl (C=O) groups excluding carboxylic acids is 1. The molecule has 4 heteroatoms. The molecule has 1 aromatic rings. The first kappa shape index (κ1) is 13.7. The first-order chi connectivity index (χ1) is 10.7. The fraction of sp³-hybridized carbons (Fsp3) is 0.500. The Morgan fingerprint density at radius 3 is 2.73 bits per heavy atom. The highest BCUT2D eigenvalue weighted by Crippen LogP contribution is 2.54. The molecule has 0 aromatic heterocycles. The third-order valence-corrected chi connectivity index (χ3v) is 5.58. The van der Waals surface area contributed by atoms with E-state index in [0.29, 0.717) is 18.2 Å². The summed E-state index contributed by atoms with van der Waals surface area (Å²) >= 11 is 0. The summed E-state index contributed by atoms with van der Waals surface area (Å²) in [6, 6.07) is 4.20. The van der Waals surface area contributed by atoms with E-state index in [9.17, 15) is 4.79 Å². The van der Waals surface area contributed by atoms with Crippen molar-refractivity contribution in [2.75, 3.05) is 20.8 Å². The number of hydrogen-bond acceptors (Lipinski definition) is 3. The molecule has 0 N–H and O–H groups in total. The van der Waals surface area contributed by atoms with E-state index in [-0.39, 0.29) is 5.54 Å². The van der Waals surface area contributed by atoms with Crippen molar-refractivity contribution in [1.82, 2.24) is 4.90 Å². The molecule has 0 bridgehead atoms. The molecule has 1 aromatic carbocycles. The molecule has 1 amide bonds. The second-order valence-corrected chi connectivity index (χ2v) is 6.40. The molecule has 0 unspecified atom stereocenters. The highest BCUT2D eigenvalue weighted by Gasteiger charge is 2.55. The van der Waals surface area contributed by atoms with Crippen LogP contribution in [0.25, 0.3) is 0 Å². The lowest BCUT2D eigenvalue weighted by Gasteiger charge is -2.48. The van der Waals surface area contributed by atoms with Gasteiger partial charge in [0.15, 0.2) is 11.5 Å². The zero-order valence-corrected chi connectivity index (χ0v) is 13.1. The van der Waals surface area contributed by atoms with Crippen molar-refractivity contribution < 1.29 is 14.3 Å². The number of allylic oxidation sites excluding steroid dienone is 1. The van der Waals surface area contributed by atoms with Crippen LogP contribution in [-0.4, -0.2) is 31.6 Å². The van der Waals surface area contributed by atoms with Crippen LogP contribution in [0.2, 0.25) is 0 Å². The van der Waals surface area contributed by atoms with Gasteiger partial charge >= 0.3 is 0 Å². The van der Waals surface area contributed by atoms with E-state index >= 15 is 0 Å². The lowest BCUT2D eigenvalue weighted by atomic mass is 9.69.